The molecule has 0 radical (unpaired) electrons. The van der Waals surface area contributed by atoms with Crippen molar-refractivity contribution in [1.82, 2.24) is 5.32 Å². The number of nitrogens with one attached hydrogen (secondary N) is 1. The van der Waals surface area contributed by atoms with E-state index in [-0.39, 0.29) is 5.91 Å². The molecule has 0 atom stereocenters. The number of carbonyl (C=O) groups is 1. The summed E-state index contributed by atoms with van der Waals surface area (Å²) in [5.41, 5.74) is 0.967. The monoisotopic (exact) mass is 264 g/mol. The summed E-state index contributed by atoms with van der Waals surface area (Å²) >= 11 is 0. The van der Waals surface area contributed by atoms with Crippen molar-refractivity contribution in [2.45, 2.75) is 19.8 Å². The highest BCUT2D eigenvalue weighted by Gasteiger charge is 2.14. The van der Waals surface area contributed by atoms with Gasteiger partial charge in [-0.3, -0.25) is 4.79 Å². The highest BCUT2D eigenvalue weighted by atomic mass is 16.5. The minimum Gasteiger partial charge on any atom is -0.383 e. The van der Waals surface area contributed by atoms with Gasteiger partial charge in [0.1, 0.15) is 0 Å². The molecule has 106 valence electrons. The molecule has 0 bridgehead atoms. The first-order valence-electron chi connectivity index (χ1n) is 6.84. The molecule has 0 saturated heterocycles. The van der Waals surface area contributed by atoms with Crippen LogP contribution in [0, 0.1) is 0 Å². The van der Waals surface area contributed by atoms with Crippen LogP contribution in [0.3, 0.4) is 0 Å². The number of benzene rings is 1. The predicted octanol–water partition coefficient (Wildman–Crippen LogP) is 2.06. The van der Waals surface area contributed by atoms with Crippen molar-refractivity contribution >= 4 is 11.6 Å². The summed E-state index contributed by atoms with van der Waals surface area (Å²) in [7, 11) is 1.65. The SMILES string of the molecule is CCCCN(C(=O)CNCCOC)c1ccccc1. The van der Waals surface area contributed by atoms with Gasteiger partial charge in [-0.05, 0) is 18.6 Å². The largest absolute Gasteiger partial charge is 0.383 e. The van der Waals surface area contributed by atoms with E-state index in [0.29, 0.717) is 19.7 Å². The summed E-state index contributed by atoms with van der Waals surface area (Å²) < 4.78 is 4.95. The Morgan fingerprint density at radius 2 is 2.05 bits per heavy atom. The van der Waals surface area contributed by atoms with E-state index in [9.17, 15) is 4.79 Å². The number of para-hydroxylation sites is 1. The van der Waals surface area contributed by atoms with Crippen LogP contribution in [0.25, 0.3) is 0 Å². The van der Waals surface area contributed by atoms with E-state index in [1.807, 2.05) is 35.2 Å². The minimum absolute atomic E-state index is 0.107. The van der Waals surface area contributed by atoms with Gasteiger partial charge in [-0.1, -0.05) is 31.5 Å². The van der Waals surface area contributed by atoms with Crippen molar-refractivity contribution in [1.29, 1.82) is 0 Å². The van der Waals surface area contributed by atoms with E-state index < -0.39 is 0 Å². The quantitative estimate of drug-likeness (QED) is 0.694. The fraction of sp³-hybridized carbons (Fsp3) is 0.533. The lowest BCUT2D eigenvalue weighted by molar-refractivity contribution is -0.117. The van der Waals surface area contributed by atoms with Gasteiger partial charge in [-0.2, -0.15) is 0 Å². The maximum absolute atomic E-state index is 12.2. The Morgan fingerprint density at radius 3 is 2.68 bits per heavy atom. The van der Waals surface area contributed by atoms with Gasteiger partial charge in [0.2, 0.25) is 5.91 Å². The molecule has 0 saturated carbocycles. The van der Waals surface area contributed by atoms with Crippen LogP contribution in [-0.2, 0) is 9.53 Å². The number of hydrogen-bond donors (Lipinski definition) is 1. The Kier molecular flexibility index (Phi) is 7.86. The van der Waals surface area contributed by atoms with Gasteiger partial charge in [0.05, 0.1) is 13.2 Å². The van der Waals surface area contributed by atoms with E-state index in [1.165, 1.54) is 0 Å². The van der Waals surface area contributed by atoms with Crippen LogP contribution in [0.5, 0.6) is 0 Å². The molecule has 0 aromatic heterocycles. The lowest BCUT2D eigenvalue weighted by Gasteiger charge is -2.23. The Labute approximate surface area is 115 Å². The number of unbranched alkanes of at least 4 members (excludes halogenated alkanes) is 1. The average Bonchev–Trinajstić information content (AvgIpc) is 2.45. The zero-order valence-corrected chi connectivity index (χ0v) is 11.9. The molecule has 0 heterocycles. The molecule has 0 spiro atoms. The fourth-order valence-corrected chi connectivity index (χ4v) is 1.79. The second kappa shape index (κ2) is 9.53. The number of amides is 1. The number of hydrogen-bond acceptors (Lipinski definition) is 3. The third kappa shape index (κ3) is 5.85. The van der Waals surface area contributed by atoms with Crippen LogP contribution in [0.2, 0.25) is 0 Å². The predicted molar refractivity (Wildman–Crippen MR) is 78.4 cm³/mol. The second-order valence-corrected chi connectivity index (χ2v) is 4.40. The first-order chi connectivity index (χ1) is 9.29. The molecule has 19 heavy (non-hydrogen) atoms. The maximum atomic E-state index is 12.2. The number of anilines is 1. The Bertz CT molecular complexity index is 354. The van der Waals surface area contributed by atoms with Crippen LogP contribution in [-0.4, -0.2) is 39.3 Å². The zero-order valence-electron chi connectivity index (χ0n) is 11.9. The van der Waals surface area contributed by atoms with Gasteiger partial charge in [-0.15, -0.1) is 0 Å². The summed E-state index contributed by atoms with van der Waals surface area (Å²) in [6.45, 7) is 4.56. The Hall–Kier alpha value is -1.39. The molecule has 1 aromatic carbocycles. The van der Waals surface area contributed by atoms with Gasteiger partial charge in [-0.25, -0.2) is 0 Å². The van der Waals surface area contributed by atoms with E-state index in [0.717, 1.165) is 25.1 Å². The summed E-state index contributed by atoms with van der Waals surface area (Å²) in [6, 6.07) is 9.83. The highest BCUT2D eigenvalue weighted by Crippen LogP contribution is 2.14. The van der Waals surface area contributed by atoms with Gasteiger partial charge >= 0.3 is 0 Å². The minimum atomic E-state index is 0.107. The smallest absolute Gasteiger partial charge is 0.240 e. The molecule has 0 aliphatic heterocycles. The van der Waals surface area contributed by atoms with Crippen molar-refractivity contribution in [2.24, 2.45) is 0 Å². The maximum Gasteiger partial charge on any atom is 0.240 e. The molecule has 0 fully saturated rings. The summed E-state index contributed by atoms with van der Waals surface area (Å²) in [5.74, 6) is 0.107. The number of methoxy groups -OCH3 is 1. The standard InChI is InChI=1S/C15H24N2O2/c1-3-4-11-17(14-8-6-5-7-9-14)15(18)13-16-10-12-19-2/h5-9,16H,3-4,10-13H2,1-2H3. The van der Waals surface area contributed by atoms with E-state index in [2.05, 4.69) is 12.2 Å². The summed E-state index contributed by atoms with van der Waals surface area (Å²) in [4.78, 5) is 14.1. The summed E-state index contributed by atoms with van der Waals surface area (Å²) in [6.07, 6.45) is 2.09. The second-order valence-electron chi connectivity index (χ2n) is 4.40. The molecular weight excluding hydrogens is 240 g/mol. The van der Waals surface area contributed by atoms with E-state index >= 15 is 0 Å². The lowest BCUT2D eigenvalue weighted by atomic mass is 10.2. The number of carbonyl (C=O) groups excluding carboxylic acids is 1. The molecule has 0 aliphatic carbocycles. The van der Waals surface area contributed by atoms with Crippen molar-refractivity contribution in [3.63, 3.8) is 0 Å². The van der Waals surface area contributed by atoms with Gasteiger partial charge in [0.15, 0.2) is 0 Å². The van der Waals surface area contributed by atoms with Crippen LogP contribution in [0.4, 0.5) is 5.69 Å². The Morgan fingerprint density at radius 1 is 1.32 bits per heavy atom. The van der Waals surface area contributed by atoms with Crippen LogP contribution in [0.1, 0.15) is 19.8 Å². The highest BCUT2D eigenvalue weighted by molar-refractivity contribution is 5.94. The van der Waals surface area contributed by atoms with Gasteiger partial charge in [0.25, 0.3) is 0 Å². The lowest BCUT2D eigenvalue weighted by Crippen LogP contribution is -2.39. The number of ether oxygens (including phenoxy) is 1. The molecule has 4 heteroatoms. The number of nitrogens with zero attached hydrogens (tertiary/aromatic N) is 1. The van der Waals surface area contributed by atoms with E-state index in [1.54, 1.807) is 7.11 Å². The van der Waals surface area contributed by atoms with Crippen molar-refractivity contribution in [3.8, 4) is 0 Å². The molecule has 0 aliphatic rings. The normalized spacial score (nSPS) is 10.4. The van der Waals surface area contributed by atoms with Crippen LogP contribution < -0.4 is 10.2 Å². The molecule has 0 unspecified atom stereocenters. The topological polar surface area (TPSA) is 41.6 Å². The summed E-state index contributed by atoms with van der Waals surface area (Å²) in [5, 5.41) is 3.10. The average molecular weight is 264 g/mol. The zero-order chi connectivity index (χ0) is 13.9. The molecular formula is C15H24N2O2. The molecule has 1 rings (SSSR count). The van der Waals surface area contributed by atoms with Crippen molar-refractivity contribution < 1.29 is 9.53 Å². The van der Waals surface area contributed by atoms with Crippen LogP contribution >= 0.6 is 0 Å². The number of rotatable bonds is 9. The molecule has 4 nitrogen and oxygen atoms in total. The van der Waals surface area contributed by atoms with Gasteiger partial charge in [0, 0.05) is 25.9 Å². The van der Waals surface area contributed by atoms with Crippen LogP contribution in [0.15, 0.2) is 30.3 Å². The first kappa shape index (κ1) is 15.7. The Balaban J connectivity index is 2.55. The molecule has 1 amide bonds. The van der Waals surface area contributed by atoms with E-state index in [4.69, 9.17) is 4.74 Å². The molecule has 1 N–H and O–H groups in total. The molecule has 1 aromatic rings. The third-order valence-electron chi connectivity index (χ3n) is 2.86. The fourth-order valence-electron chi connectivity index (χ4n) is 1.79. The third-order valence-corrected chi connectivity index (χ3v) is 2.86. The van der Waals surface area contributed by atoms with Crippen molar-refractivity contribution in [3.05, 3.63) is 30.3 Å². The first-order valence-corrected chi connectivity index (χ1v) is 6.84. The van der Waals surface area contributed by atoms with Crippen molar-refractivity contribution in [2.75, 3.05) is 38.3 Å². The van der Waals surface area contributed by atoms with Gasteiger partial charge < -0.3 is 15.0 Å².